The third kappa shape index (κ3) is 5.42. The van der Waals surface area contributed by atoms with Gasteiger partial charge in [0.25, 0.3) is 0 Å². The summed E-state index contributed by atoms with van der Waals surface area (Å²) in [6.45, 7) is 5.24. The van der Waals surface area contributed by atoms with Crippen molar-refractivity contribution in [2.24, 2.45) is 0 Å². The maximum atomic E-state index is 11.9. The fourth-order valence-electron chi connectivity index (χ4n) is 1.55. The Morgan fingerprint density at radius 3 is 2.62 bits per heavy atom. The van der Waals surface area contributed by atoms with E-state index >= 15 is 0 Å². The average Bonchev–Trinajstić information content (AvgIpc) is 2.27. The summed E-state index contributed by atoms with van der Waals surface area (Å²) in [5, 5.41) is 3.36. The van der Waals surface area contributed by atoms with E-state index in [0.717, 1.165) is 24.3 Å². The molecule has 1 aromatic rings. The Labute approximate surface area is 101 Å². The minimum absolute atomic E-state index is 0.337. The van der Waals surface area contributed by atoms with Crippen LogP contribution in [0.4, 0.5) is 0 Å². The highest BCUT2D eigenvalue weighted by Crippen LogP contribution is 2.03. The van der Waals surface area contributed by atoms with Crippen LogP contribution in [-0.4, -0.2) is 22.5 Å². The predicted octanol–water partition coefficient (Wildman–Crippen LogP) is 2.32. The lowest BCUT2D eigenvalue weighted by Crippen LogP contribution is -2.32. The van der Waals surface area contributed by atoms with Crippen LogP contribution in [-0.2, 0) is 16.6 Å². The Morgan fingerprint density at radius 1 is 1.31 bits per heavy atom. The zero-order valence-electron chi connectivity index (χ0n) is 10.1. The second kappa shape index (κ2) is 7.58. The van der Waals surface area contributed by atoms with Crippen molar-refractivity contribution in [1.29, 1.82) is 0 Å². The van der Waals surface area contributed by atoms with Crippen LogP contribution in [0.25, 0.3) is 0 Å². The lowest BCUT2D eigenvalue weighted by Gasteiger charge is -2.12. The van der Waals surface area contributed by atoms with E-state index in [2.05, 4.69) is 19.2 Å². The Morgan fingerprint density at radius 2 is 2.00 bits per heavy atom. The molecule has 0 aliphatic heterocycles. The van der Waals surface area contributed by atoms with E-state index in [1.165, 1.54) is 0 Å². The topological polar surface area (TPSA) is 29.1 Å². The summed E-state index contributed by atoms with van der Waals surface area (Å²) in [6.07, 6.45) is 1.12. The lowest BCUT2D eigenvalue weighted by molar-refractivity contribution is 0.582. The van der Waals surface area contributed by atoms with Crippen LogP contribution in [0.5, 0.6) is 0 Å². The molecular formula is C13H21NOS. The summed E-state index contributed by atoms with van der Waals surface area (Å²) in [6, 6.07) is 10.4. The Balaban J connectivity index is 2.31. The van der Waals surface area contributed by atoms with Gasteiger partial charge in [-0.3, -0.25) is 4.21 Å². The zero-order chi connectivity index (χ0) is 11.8. The van der Waals surface area contributed by atoms with Crippen LogP contribution in [0.2, 0.25) is 0 Å². The number of hydrogen-bond acceptors (Lipinski definition) is 2. The van der Waals surface area contributed by atoms with Gasteiger partial charge in [-0.1, -0.05) is 37.3 Å². The van der Waals surface area contributed by atoms with E-state index < -0.39 is 10.8 Å². The van der Waals surface area contributed by atoms with Crippen molar-refractivity contribution in [2.45, 2.75) is 32.1 Å². The van der Waals surface area contributed by atoms with Crippen LogP contribution < -0.4 is 5.32 Å². The van der Waals surface area contributed by atoms with Gasteiger partial charge in [0.05, 0.1) is 0 Å². The van der Waals surface area contributed by atoms with Gasteiger partial charge in [-0.15, -0.1) is 0 Å². The van der Waals surface area contributed by atoms with Crippen LogP contribution in [0, 0.1) is 0 Å². The van der Waals surface area contributed by atoms with Crippen molar-refractivity contribution in [3.8, 4) is 0 Å². The number of benzene rings is 1. The minimum atomic E-state index is -0.767. The van der Waals surface area contributed by atoms with Gasteiger partial charge in [0.1, 0.15) is 0 Å². The third-order valence-corrected chi connectivity index (χ3v) is 3.88. The van der Waals surface area contributed by atoms with Gasteiger partial charge < -0.3 is 5.32 Å². The number of hydrogen-bond donors (Lipinski definition) is 1. The first-order chi connectivity index (χ1) is 7.72. The van der Waals surface area contributed by atoms with Crippen molar-refractivity contribution in [3.05, 3.63) is 35.9 Å². The molecule has 16 heavy (non-hydrogen) atoms. The fraction of sp³-hybridized carbons (Fsp3) is 0.538. The molecule has 90 valence electrons. The number of rotatable bonds is 7. The third-order valence-electron chi connectivity index (χ3n) is 2.35. The molecule has 0 aliphatic carbocycles. The maximum absolute atomic E-state index is 11.9. The molecule has 0 spiro atoms. The molecule has 0 aliphatic rings. The highest BCUT2D eigenvalue weighted by molar-refractivity contribution is 7.84. The normalized spacial score (nSPS) is 14.6. The van der Waals surface area contributed by atoms with Crippen molar-refractivity contribution in [3.63, 3.8) is 0 Å². The summed E-state index contributed by atoms with van der Waals surface area (Å²) in [4.78, 5) is 0. The van der Waals surface area contributed by atoms with Crippen molar-refractivity contribution < 1.29 is 4.21 Å². The number of nitrogens with one attached hydrogen (secondary N) is 1. The van der Waals surface area contributed by atoms with Crippen LogP contribution in [0.3, 0.4) is 0 Å². The molecule has 2 unspecified atom stereocenters. The monoisotopic (exact) mass is 239 g/mol. The van der Waals surface area contributed by atoms with Crippen molar-refractivity contribution >= 4 is 10.8 Å². The smallest absolute Gasteiger partial charge is 0.0486 e. The van der Waals surface area contributed by atoms with Gasteiger partial charge in [-0.25, -0.2) is 0 Å². The predicted molar refractivity (Wildman–Crippen MR) is 70.9 cm³/mol. The van der Waals surface area contributed by atoms with Crippen molar-refractivity contribution in [1.82, 2.24) is 5.32 Å². The molecule has 0 amide bonds. The molecular weight excluding hydrogens is 218 g/mol. The van der Waals surface area contributed by atoms with E-state index in [9.17, 15) is 4.21 Å². The molecule has 3 heteroatoms. The summed E-state index contributed by atoms with van der Waals surface area (Å²) in [5.74, 6) is 1.40. The molecule has 1 aromatic carbocycles. The molecule has 0 saturated carbocycles. The van der Waals surface area contributed by atoms with E-state index in [4.69, 9.17) is 0 Å². The SMILES string of the molecule is CCCNC(C)CS(=O)Cc1ccccc1. The Hall–Kier alpha value is -0.670. The second-order valence-corrected chi connectivity index (χ2v) is 5.59. The van der Waals surface area contributed by atoms with Gasteiger partial charge in [0.15, 0.2) is 0 Å². The van der Waals surface area contributed by atoms with E-state index in [-0.39, 0.29) is 0 Å². The molecule has 0 bridgehead atoms. The van der Waals surface area contributed by atoms with Crippen LogP contribution >= 0.6 is 0 Å². The lowest BCUT2D eigenvalue weighted by atomic mass is 10.2. The molecule has 0 aromatic heterocycles. The summed E-state index contributed by atoms with van der Waals surface area (Å²) in [5.41, 5.74) is 1.16. The highest BCUT2D eigenvalue weighted by atomic mass is 32.2. The second-order valence-electron chi connectivity index (χ2n) is 4.09. The van der Waals surface area contributed by atoms with Gasteiger partial charge in [-0.2, -0.15) is 0 Å². The van der Waals surface area contributed by atoms with E-state index in [1.54, 1.807) is 0 Å². The van der Waals surface area contributed by atoms with E-state index in [1.807, 2.05) is 30.3 Å². The summed E-state index contributed by atoms with van der Waals surface area (Å²) in [7, 11) is -0.767. The maximum Gasteiger partial charge on any atom is 0.0486 e. The van der Waals surface area contributed by atoms with Gasteiger partial charge in [-0.05, 0) is 25.5 Å². The average molecular weight is 239 g/mol. The first kappa shape index (κ1) is 13.4. The standard InChI is InChI=1S/C13H21NOS/c1-3-9-14-12(2)10-16(15)11-13-7-5-4-6-8-13/h4-8,12,14H,3,9-11H2,1-2H3. The van der Waals surface area contributed by atoms with Crippen LogP contribution in [0.15, 0.2) is 30.3 Å². The van der Waals surface area contributed by atoms with Crippen LogP contribution in [0.1, 0.15) is 25.8 Å². The zero-order valence-corrected chi connectivity index (χ0v) is 10.9. The largest absolute Gasteiger partial charge is 0.313 e. The minimum Gasteiger partial charge on any atom is -0.313 e. The first-order valence-corrected chi connectivity index (χ1v) is 7.33. The quantitative estimate of drug-likeness (QED) is 0.791. The fourth-order valence-corrected chi connectivity index (χ4v) is 2.91. The van der Waals surface area contributed by atoms with E-state index in [0.29, 0.717) is 11.8 Å². The molecule has 0 saturated heterocycles. The molecule has 2 nitrogen and oxygen atoms in total. The first-order valence-electron chi connectivity index (χ1n) is 5.84. The van der Waals surface area contributed by atoms with Gasteiger partial charge >= 0.3 is 0 Å². The Bertz CT molecular complexity index is 313. The van der Waals surface area contributed by atoms with Gasteiger partial charge in [0.2, 0.25) is 0 Å². The summed E-state index contributed by atoms with van der Waals surface area (Å²) < 4.78 is 11.9. The highest BCUT2D eigenvalue weighted by Gasteiger charge is 2.07. The molecule has 0 fully saturated rings. The summed E-state index contributed by atoms with van der Waals surface area (Å²) >= 11 is 0. The van der Waals surface area contributed by atoms with Gasteiger partial charge in [0, 0.05) is 28.3 Å². The molecule has 0 radical (unpaired) electrons. The molecule has 0 heterocycles. The van der Waals surface area contributed by atoms with Crippen molar-refractivity contribution in [2.75, 3.05) is 12.3 Å². The molecule has 1 rings (SSSR count). The Kier molecular flexibility index (Phi) is 6.34. The molecule has 1 N–H and O–H groups in total. The molecule has 2 atom stereocenters.